The minimum Gasteiger partial charge on any atom is -0.306 e. The SMILES string of the molecule is C[C@H](NCc1cccc(F)c1F)c1ccc(Cl)cc1. The van der Waals surface area contributed by atoms with Crippen LogP contribution in [0.4, 0.5) is 8.78 Å². The molecule has 0 aliphatic carbocycles. The van der Waals surface area contributed by atoms with Crippen LogP contribution in [0.25, 0.3) is 0 Å². The Morgan fingerprint density at radius 2 is 1.79 bits per heavy atom. The van der Waals surface area contributed by atoms with Crippen molar-refractivity contribution in [2.24, 2.45) is 0 Å². The van der Waals surface area contributed by atoms with Gasteiger partial charge in [0.05, 0.1) is 0 Å². The minimum absolute atomic E-state index is 0.0277. The topological polar surface area (TPSA) is 12.0 Å². The zero-order valence-corrected chi connectivity index (χ0v) is 11.2. The first-order valence-electron chi connectivity index (χ1n) is 5.99. The van der Waals surface area contributed by atoms with Gasteiger partial charge in [0.25, 0.3) is 0 Å². The molecule has 2 rings (SSSR count). The molecule has 0 aromatic heterocycles. The van der Waals surface area contributed by atoms with Gasteiger partial charge in [-0.15, -0.1) is 0 Å². The smallest absolute Gasteiger partial charge is 0.163 e. The van der Waals surface area contributed by atoms with E-state index in [1.807, 2.05) is 19.1 Å². The lowest BCUT2D eigenvalue weighted by Crippen LogP contribution is -2.19. The third-order valence-corrected chi connectivity index (χ3v) is 3.25. The number of hydrogen-bond donors (Lipinski definition) is 1. The van der Waals surface area contributed by atoms with E-state index in [0.717, 1.165) is 11.6 Å². The summed E-state index contributed by atoms with van der Waals surface area (Å²) in [6.45, 7) is 2.23. The molecule has 0 unspecified atom stereocenters. The summed E-state index contributed by atoms with van der Waals surface area (Å²) in [5.74, 6) is -1.61. The van der Waals surface area contributed by atoms with Crippen molar-refractivity contribution in [1.29, 1.82) is 0 Å². The highest BCUT2D eigenvalue weighted by Crippen LogP contribution is 2.17. The van der Waals surface area contributed by atoms with Gasteiger partial charge in [-0.25, -0.2) is 8.78 Å². The molecule has 0 fully saturated rings. The molecule has 0 saturated heterocycles. The van der Waals surface area contributed by atoms with Gasteiger partial charge in [-0.2, -0.15) is 0 Å². The maximum Gasteiger partial charge on any atom is 0.163 e. The lowest BCUT2D eigenvalue weighted by atomic mass is 10.1. The van der Waals surface area contributed by atoms with Crippen molar-refractivity contribution in [1.82, 2.24) is 5.32 Å². The van der Waals surface area contributed by atoms with Gasteiger partial charge in [-0.1, -0.05) is 35.9 Å². The second kappa shape index (κ2) is 6.13. The van der Waals surface area contributed by atoms with E-state index in [1.54, 1.807) is 18.2 Å². The number of nitrogens with one attached hydrogen (secondary N) is 1. The summed E-state index contributed by atoms with van der Waals surface area (Å²) in [4.78, 5) is 0. The molecule has 0 heterocycles. The minimum atomic E-state index is -0.821. The predicted octanol–water partition coefficient (Wildman–Crippen LogP) is 4.47. The summed E-state index contributed by atoms with van der Waals surface area (Å²) >= 11 is 5.82. The maximum atomic E-state index is 13.5. The van der Waals surface area contributed by atoms with Gasteiger partial charge in [-0.3, -0.25) is 0 Å². The molecule has 100 valence electrons. The molecule has 2 aromatic carbocycles. The van der Waals surface area contributed by atoms with Gasteiger partial charge in [0.15, 0.2) is 11.6 Å². The van der Waals surface area contributed by atoms with Gasteiger partial charge in [0, 0.05) is 23.2 Å². The fourth-order valence-electron chi connectivity index (χ4n) is 1.82. The Kier molecular flexibility index (Phi) is 4.51. The van der Waals surface area contributed by atoms with Crippen LogP contribution in [0, 0.1) is 11.6 Å². The first-order valence-corrected chi connectivity index (χ1v) is 6.37. The summed E-state index contributed by atoms with van der Waals surface area (Å²) in [6.07, 6.45) is 0. The monoisotopic (exact) mass is 281 g/mol. The zero-order chi connectivity index (χ0) is 13.8. The predicted molar refractivity (Wildman–Crippen MR) is 73.1 cm³/mol. The van der Waals surface area contributed by atoms with Gasteiger partial charge in [0.2, 0.25) is 0 Å². The molecule has 0 saturated carbocycles. The highest BCUT2D eigenvalue weighted by atomic mass is 35.5. The lowest BCUT2D eigenvalue weighted by molar-refractivity contribution is 0.484. The number of halogens is 3. The normalized spacial score (nSPS) is 12.4. The zero-order valence-electron chi connectivity index (χ0n) is 10.5. The Labute approximate surface area is 116 Å². The fraction of sp³-hybridized carbons (Fsp3) is 0.200. The van der Waals surface area contributed by atoms with Crippen LogP contribution in [0.3, 0.4) is 0 Å². The van der Waals surface area contributed by atoms with Crippen molar-refractivity contribution in [3.63, 3.8) is 0 Å². The third-order valence-electron chi connectivity index (χ3n) is 3.00. The Morgan fingerprint density at radius 3 is 2.47 bits per heavy atom. The number of rotatable bonds is 4. The van der Waals surface area contributed by atoms with E-state index >= 15 is 0 Å². The standard InChI is InChI=1S/C15H14ClF2N/c1-10(11-5-7-13(16)8-6-11)19-9-12-3-2-4-14(17)15(12)18/h2-8,10,19H,9H2,1H3/t10-/m0/s1. The van der Waals surface area contributed by atoms with E-state index in [4.69, 9.17) is 11.6 Å². The quantitative estimate of drug-likeness (QED) is 0.872. The van der Waals surface area contributed by atoms with E-state index in [0.29, 0.717) is 10.6 Å². The van der Waals surface area contributed by atoms with E-state index in [9.17, 15) is 8.78 Å². The number of hydrogen-bond acceptors (Lipinski definition) is 1. The van der Waals surface area contributed by atoms with Crippen LogP contribution in [0.5, 0.6) is 0 Å². The summed E-state index contributed by atoms with van der Waals surface area (Å²) in [7, 11) is 0. The first-order chi connectivity index (χ1) is 9.08. The Bertz CT molecular complexity index is 555. The molecular formula is C15H14ClF2N. The second-order valence-corrected chi connectivity index (χ2v) is 4.80. The van der Waals surface area contributed by atoms with Crippen LogP contribution >= 0.6 is 11.6 Å². The molecular weight excluding hydrogens is 268 g/mol. The molecule has 0 amide bonds. The summed E-state index contributed by atoms with van der Waals surface area (Å²) < 4.78 is 26.5. The molecule has 0 bridgehead atoms. The van der Waals surface area contributed by atoms with Crippen molar-refractivity contribution in [3.05, 3.63) is 70.2 Å². The van der Waals surface area contributed by atoms with E-state index < -0.39 is 11.6 Å². The lowest BCUT2D eigenvalue weighted by Gasteiger charge is -2.14. The molecule has 19 heavy (non-hydrogen) atoms. The van der Waals surface area contributed by atoms with Gasteiger partial charge < -0.3 is 5.32 Å². The van der Waals surface area contributed by atoms with Gasteiger partial charge in [-0.05, 0) is 30.7 Å². The van der Waals surface area contributed by atoms with Crippen LogP contribution in [0.2, 0.25) is 5.02 Å². The van der Waals surface area contributed by atoms with E-state index in [2.05, 4.69) is 5.32 Å². The van der Waals surface area contributed by atoms with Crippen molar-refractivity contribution in [2.75, 3.05) is 0 Å². The van der Waals surface area contributed by atoms with E-state index in [1.165, 1.54) is 6.07 Å². The molecule has 1 atom stereocenters. The molecule has 1 N–H and O–H groups in total. The molecule has 2 aromatic rings. The van der Waals surface area contributed by atoms with Gasteiger partial charge >= 0.3 is 0 Å². The van der Waals surface area contributed by atoms with Crippen LogP contribution in [0.15, 0.2) is 42.5 Å². The van der Waals surface area contributed by atoms with Crippen molar-refractivity contribution < 1.29 is 8.78 Å². The highest BCUT2D eigenvalue weighted by Gasteiger charge is 2.09. The average molecular weight is 282 g/mol. The Morgan fingerprint density at radius 1 is 1.11 bits per heavy atom. The second-order valence-electron chi connectivity index (χ2n) is 4.37. The van der Waals surface area contributed by atoms with Crippen LogP contribution in [-0.4, -0.2) is 0 Å². The fourth-order valence-corrected chi connectivity index (χ4v) is 1.94. The van der Waals surface area contributed by atoms with Gasteiger partial charge in [0.1, 0.15) is 0 Å². The highest BCUT2D eigenvalue weighted by molar-refractivity contribution is 6.30. The van der Waals surface area contributed by atoms with Crippen LogP contribution < -0.4 is 5.32 Å². The largest absolute Gasteiger partial charge is 0.306 e. The molecule has 0 radical (unpaired) electrons. The summed E-state index contributed by atoms with van der Waals surface area (Å²) in [5.41, 5.74) is 1.36. The Balaban J connectivity index is 2.02. The average Bonchev–Trinajstić information content (AvgIpc) is 2.41. The molecule has 0 aliphatic rings. The molecule has 0 aliphatic heterocycles. The maximum absolute atomic E-state index is 13.5. The molecule has 4 heteroatoms. The van der Waals surface area contributed by atoms with E-state index in [-0.39, 0.29) is 12.6 Å². The number of benzene rings is 2. The van der Waals surface area contributed by atoms with Crippen molar-refractivity contribution in [2.45, 2.75) is 19.5 Å². The summed E-state index contributed by atoms with van der Waals surface area (Å²) in [5, 5.41) is 3.83. The molecule has 0 spiro atoms. The van der Waals surface area contributed by atoms with Crippen molar-refractivity contribution in [3.8, 4) is 0 Å². The Hall–Kier alpha value is -1.45. The first kappa shape index (κ1) is 14.0. The summed E-state index contributed by atoms with van der Waals surface area (Å²) in [6, 6.07) is 11.6. The van der Waals surface area contributed by atoms with Crippen molar-refractivity contribution >= 4 is 11.6 Å². The third kappa shape index (κ3) is 3.52. The van der Waals surface area contributed by atoms with Crippen LogP contribution in [0.1, 0.15) is 24.1 Å². The van der Waals surface area contributed by atoms with Crippen LogP contribution in [-0.2, 0) is 6.54 Å². The molecule has 1 nitrogen and oxygen atoms in total.